The molecule has 3 nitrogen and oxygen atoms in total. The highest BCUT2D eigenvalue weighted by molar-refractivity contribution is 5.96. The second-order valence-electron chi connectivity index (χ2n) is 5.83. The van der Waals surface area contributed by atoms with Crippen LogP contribution in [0.15, 0.2) is 24.3 Å². The summed E-state index contributed by atoms with van der Waals surface area (Å²) in [6, 6.07) is 7.75. The van der Waals surface area contributed by atoms with E-state index in [4.69, 9.17) is 0 Å². The lowest BCUT2D eigenvalue weighted by molar-refractivity contribution is -0.130. The third kappa shape index (κ3) is 2.86. The zero-order valence-electron chi connectivity index (χ0n) is 11.9. The van der Waals surface area contributed by atoms with Gasteiger partial charge in [-0.2, -0.15) is 0 Å². The van der Waals surface area contributed by atoms with Crippen LogP contribution in [0.4, 0.5) is 0 Å². The normalized spacial score (nSPS) is 18.5. The monoisotopic (exact) mass is 259 g/mol. The molecule has 1 aliphatic heterocycles. The van der Waals surface area contributed by atoms with E-state index in [-0.39, 0.29) is 11.7 Å². The van der Waals surface area contributed by atoms with Crippen LogP contribution in [-0.2, 0) is 11.2 Å². The third-order valence-corrected chi connectivity index (χ3v) is 3.85. The molecule has 0 aromatic heterocycles. The zero-order chi connectivity index (χ0) is 14.0. The van der Waals surface area contributed by atoms with Crippen LogP contribution < -0.4 is 0 Å². The molecule has 102 valence electrons. The van der Waals surface area contributed by atoms with E-state index in [0.29, 0.717) is 25.1 Å². The maximum Gasteiger partial charge on any atom is 0.253 e. The molecule has 0 atom stereocenters. The van der Waals surface area contributed by atoms with Crippen LogP contribution in [0, 0.1) is 5.41 Å². The summed E-state index contributed by atoms with van der Waals surface area (Å²) in [6.45, 7) is 6.97. The molecular formula is C16H21NO2. The fraction of sp³-hybridized carbons (Fsp3) is 0.500. The van der Waals surface area contributed by atoms with Crippen molar-refractivity contribution in [3.05, 3.63) is 35.4 Å². The quantitative estimate of drug-likeness (QED) is 0.819. The van der Waals surface area contributed by atoms with Crippen molar-refractivity contribution in [3.8, 4) is 0 Å². The molecule has 0 radical (unpaired) electrons. The number of hydrogen-bond acceptors (Lipinski definition) is 2. The first-order chi connectivity index (χ1) is 8.94. The molecule has 3 heteroatoms. The van der Waals surface area contributed by atoms with Gasteiger partial charge in [0.05, 0.1) is 0 Å². The molecule has 1 aliphatic rings. The van der Waals surface area contributed by atoms with Gasteiger partial charge >= 0.3 is 0 Å². The molecule has 19 heavy (non-hydrogen) atoms. The number of carbonyl (C=O) groups is 2. The Labute approximate surface area is 114 Å². The van der Waals surface area contributed by atoms with Gasteiger partial charge in [0.2, 0.25) is 0 Å². The number of likely N-dealkylation sites (tertiary alicyclic amines) is 1. The average Bonchev–Trinajstić information content (AvgIpc) is 2.41. The van der Waals surface area contributed by atoms with E-state index < -0.39 is 5.41 Å². The van der Waals surface area contributed by atoms with Crippen molar-refractivity contribution < 1.29 is 9.59 Å². The Morgan fingerprint density at radius 3 is 2.42 bits per heavy atom. The summed E-state index contributed by atoms with van der Waals surface area (Å²) in [6.07, 6.45) is 1.44. The minimum absolute atomic E-state index is 0.0308. The molecule has 0 bridgehead atoms. The van der Waals surface area contributed by atoms with Gasteiger partial charge in [-0.1, -0.05) is 32.9 Å². The van der Waals surface area contributed by atoms with Crippen molar-refractivity contribution in [2.45, 2.75) is 33.6 Å². The minimum Gasteiger partial charge on any atom is -0.337 e. The van der Waals surface area contributed by atoms with Gasteiger partial charge in [0.1, 0.15) is 5.78 Å². The van der Waals surface area contributed by atoms with E-state index in [1.54, 1.807) is 4.90 Å². The molecule has 0 aliphatic carbocycles. The molecule has 0 N–H and O–H groups in total. The van der Waals surface area contributed by atoms with Crippen LogP contribution in [0.25, 0.3) is 0 Å². The first kappa shape index (κ1) is 13.8. The van der Waals surface area contributed by atoms with E-state index >= 15 is 0 Å². The standard InChI is InChI=1S/C16H21NO2/c1-4-12-5-7-13(8-6-12)15(19)17-10-9-14(18)16(2,3)11-17/h5-8H,4,9-11H2,1-3H3. The van der Waals surface area contributed by atoms with Crippen molar-refractivity contribution in [2.75, 3.05) is 13.1 Å². The Bertz CT molecular complexity index is 488. The van der Waals surface area contributed by atoms with Gasteiger partial charge < -0.3 is 4.90 Å². The Morgan fingerprint density at radius 1 is 1.26 bits per heavy atom. The number of Topliss-reactive ketones (excluding diaryl/α,β-unsaturated/α-hetero) is 1. The van der Waals surface area contributed by atoms with Gasteiger partial charge in [0.15, 0.2) is 0 Å². The molecule has 0 spiro atoms. The largest absolute Gasteiger partial charge is 0.337 e. The van der Waals surface area contributed by atoms with Gasteiger partial charge in [-0.3, -0.25) is 9.59 Å². The number of benzene rings is 1. The van der Waals surface area contributed by atoms with Crippen LogP contribution in [0.5, 0.6) is 0 Å². The summed E-state index contributed by atoms with van der Waals surface area (Å²) in [5.41, 5.74) is 1.52. The topological polar surface area (TPSA) is 37.4 Å². The van der Waals surface area contributed by atoms with Crippen LogP contribution in [0.1, 0.15) is 43.1 Å². The summed E-state index contributed by atoms with van der Waals surface area (Å²) in [5, 5.41) is 0. The fourth-order valence-electron chi connectivity index (χ4n) is 2.46. The number of piperidine rings is 1. The molecule has 1 fully saturated rings. The predicted octanol–water partition coefficient (Wildman–Crippen LogP) is 2.69. The Balaban J connectivity index is 2.13. The highest BCUT2D eigenvalue weighted by Gasteiger charge is 2.36. The summed E-state index contributed by atoms with van der Waals surface area (Å²) in [5.74, 6) is 0.279. The van der Waals surface area contributed by atoms with E-state index in [2.05, 4.69) is 6.92 Å². The maximum absolute atomic E-state index is 12.4. The summed E-state index contributed by atoms with van der Waals surface area (Å²) in [7, 11) is 0. The molecule has 1 aromatic rings. The zero-order valence-corrected chi connectivity index (χ0v) is 11.9. The minimum atomic E-state index is -0.419. The van der Waals surface area contributed by atoms with Crippen LogP contribution in [0.3, 0.4) is 0 Å². The highest BCUT2D eigenvalue weighted by atomic mass is 16.2. The average molecular weight is 259 g/mol. The first-order valence-electron chi connectivity index (χ1n) is 6.85. The molecule has 1 saturated heterocycles. The molecule has 0 saturated carbocycles. The van der Waals surface area contributed by atoms with Crippen LogP contribution in [0.2, 0.25) is 0 Å². The molecule has 2 rings (SSSR count). The van der Waals surface area contributed by atoms with E-state index in [1.807, 2.05) is 38.1 Å². The Kier molecular flexibility index (Phi) is 3.74. The molecule has 1 amide bonds. The number of aryl methyl sites for hydroxylation is 1. The number of rotatable bonds is 2. The lowest BCUT2D eigenvalue weighted by Gasteiger charge is -2.36. The van der Waals surface area contributed by atoms with Crippen LogP contribution in [-0.4, -0.2) is 29.7 Å². The summed E-state index contributed by atoms with van der Waals surface area (Å²) >= 11 is 0. The van der Waals surface area contributed by atoms with E-state index in [9.17, 15) is 9.59 Å². The second-order valence-corrected chi connectivity index (χ2v) is 5.83. The number of amides is 1. The highest BCUT2D eigenvalue weighted by Crippen LogP contribution is 2.26. The summed E-state index contributed by atoms with van der Waals surface area (Å²) < 4.78 is 0. The third-order valence-electron chi connectivity index (χ3n) is 3.85. The van der Waals surface area contributed by atoms with Crippen molar-refractivity contribution in [2.24, 2.45) is 5.41 Å². The lowest BCUT2D eigenvalue weighted by Crippen LogP contribution is -2.48. The molecule has 1 heterocycles. The van der Waals surface area contributed by atoms with Crippen molar-refractivity contribution >= 4 is 11.7 Å². The van der Waals surface area contributed by atoms with Crippen molar-refractivity contribution in [1.29, 1.82) is 0 Å². The van der Waals surface area contributed by atoms with Crippen molar-refractivity contribution in [1.82, 2.24) is 4.90 Å². The maximum atomic E-state index is 12.4. The van der Waals surface area contributed by atoms with E-state index in [0.717, 1.165) is 6.42 Å². The number of ketones is 1. The molecular weight excluding hydrogens is 238 g/mol. The lowest BCUT2D eigenvalue weighted by atomic mass is 9.82. The molecule has 1 aromatic carbocycles. The summed E-state index contributed by atoms with van der Waals surface area (Å²) in [4.78, 5) is 26.0. The second kappa shape index (κ2) is 5.16. The Morgan fingerprint density at radius 2 is 1.89 bits per heavy atom. The number of nitrogens with zero attached hydrogens (tertiary/aromatic N) is 1. The predicted molar refractivity (Wildman–Crippen MR) is 75.1 cm³/mol. The molecule has 0 unspecified atom stereocenters. The Hall–Kier alpha value is -1.64. The van der Waals surface area contributed by atoms with Crippen molar-refractivity contribution in [3.63, 3.8) is 0 Å². The first-order valence-corrected chi connectivity index (χ1v) is 6.85. The fourth-order valence-corrected chi connectivity index (χ4v) is 2.46. The van der Waals surface area contributed by atoms with E-state index in [1.165, 1.54) is 5.56 Å². The number of carbonyl (C=O) groups excluding carboxylic acids is 2. The van der Waals surface area contributed by atoms with Crippen LogP contribution >= 0.6 is 0 Å². The van der Waals surface area contributed by atoms with Gasteiger partial charge in [0.25, 0.3) is 5.91 Å². The van der Waals surface area contributed by atoms with Gasteiger partial charge in [-0.15, -0.1) is 0 Å². The smallest absolute Gasteiger partial charge is 0.253 e. The number of hydrogen-bond donors (Lipinski definition) is 0. The van der Waals surface area contributed by atoms with Gasteiger partial charge in [0, 0.05) is 30.5 Å². The van der Waals surface area contributed by atoms with Gasteiger partial charge in [-0.25, -0.2) is 0 Å². The van der Waals surface area contributed by atoms with Gasteiger partial charge in [-0.05, 0) is 24.1 Å². The SMILES string of the molecule is CCc1ccc(C(=O)N2CCC(=O)C(C)(C)C2)cc1.